The van der Waals surface area contributed by atoms with E-state index < -0.39 is 11.7 Å². The van der Waals surface area contributed by atoms with Crippen molar-refractivity contribution in [1.29, 1.82) is 0 Å². The predicted octanol–water partition coefficient (Wildman–Crippen LogP) is 5.86. The molecule has 2 amide bonds. The molecule has 0 bridgehead atoms. The van der Waals surface area contributed by atoms with Gasteiger partial charge in [0.2, 0.25) is 0 Å². The first-order chi connectivity index (χ1) is 16.2. The zero-order valence-corrected chi connectivity index (χ0v) is 19.9. The van der Waals surface area contributed by atoms with E-state index in [9.17, 15) is 9.59 Å². The molecule has 1 atom stereocenters. The number of likely N-dealkylation sites (tertiary alicyclic amines) is 1. The third-order valence-electron chi connectivity index (χ3n) is 5.53. The molecule has 8 nitrogen and oxygen atoms in total. The number of benzene rings is 2. The van der Waals surface area contributed by atoms with Crippen LogP contribution in [0, 0.1) is 6.92 Å². The Morgan fingerprint density at radius 1 is 1.03 bits per heavy atom. The predicted molar refractivity (Wildman–Crippen MR) is 129 cm³/mol. The van der Waals surface area contributed by atoms with Crippen LogP contribution in [0.25, 0.3) is 5.69 Å². The maximum Gasteiger partial charge on any atom is 0.418 e. The Bertz CT molecular complexity index is 1150. The molecule has 178 valence electrons. The summed E-state index contributed by atoms with van der Waals surface area (Å²) in [5.74, 6) is 0.939. The lowest BCUT2D eigenvalue weighted by molar-refractivity contribution is 0.0221. The molecule has 8 heteroatoms. The van der Waals surface area contributed by atoms with Crippen molar-refractivity contribution in [2.45, 2.75) is 52.2 Å². The van der Waals surface area contributed by atoms with Gasteiger partial charge in [0, 0.05) is 12.1 Å². The van der Waals surface area contributed by atoms with Crippen molar-refractivity contribution in [2.24, 2.45) is 0 Å². The van der Waals surface area contributed by atoms with Crippen molar-refractivity contribution in [1.82, 2.24) is 14.7 Å². The smallest absolute Gasteiger partial charge is 0.418 e. The molecule has 0 radical (unpaired) electrons. The van der Waals surface area contributed by atoms with Crippen LogP contribution in [0.15, 0.2) is 60.7 Å². The van der Waals surface area contributed by atoms with Crippen LogP contribution in [0.1, 0.15) is 50.9 Å². The van der Waals surface area contributed by atoms with E-state index in [1.807, 2.05) is 64.1 Å². The zero-order valence-electron chi connectivity index (χ0n) is 19.9. The van der Waals surface area contributed by atoms with Gasteiger partial charge in [-0.3, -0.25) is 10.2 Å². The molecule has 1 aliphatic rings. The Hall–Kier alpha value is -3.81. The lowest BCUT2D eigenvalue weighted by atomic mass is 10.1. The summed E-state index contributed by atoms with van der Waals surface area (Å²) in [5.41, 5.74) is 1.70. The first-order valence-corrected chi connectivity index (χ1v) is 11.4. The van der Waals surface area contributed by atoms with Gasteiger partial charge in [-0.1, -0.05) is 36.4 Å². The lowest BCUT2D eigenvalue weighted by Gasteiger charge is -2.28. The fourth-order valence-electron chi connectivity index (χ4n) is 4.04. The number of hydrogen-bond acceptors (Lipinski definition) is 5. The normalized spacial score (nSPS) is 15.8. The second kappa shape index (κ2) is 9.59. The number of anilines is 1. The van der Waals surface area contributed by atoms with Gasteiger partial charge in [0.25, 0.3) is 0 Å². The number of hydrogen-bond donors (Lipinski definition) is 1. The van der Waals surface area contributed by atoms with Crippen LogP contribution in [0.5, 0.6) is 5.75 Å². The van der Waals surface area contributed by atoms with E-state index in [1.54, 1.807) is 33.8 Å². The molecule has 1 aliphatic heterocycles. The monoisotopic (exact) mass is 462 g/mol. The molecule has 0 saturated carbocycles. The molecule has 1 N–H and O–H groups in total. The molecular weight excluding hydrogens is 432 g/mol. The fourth-order valence-corrected chi connectivity index (χ4v) is 4.04. The molecule has 2 aromatic carbocycles. The van der Waals surface area contributed by atoms with Crippen LogP contribution in [0.4, 0.5) is 15.4 Å². The summed E-state index contributed by atoms with van der Waals surface area (Å²) < 4.78 is 12.7. The maximum absolute atomic E-state index is 12.9. The van der Waals surface area contributed by atoms with Gasteiger partial charge < -0.3 is 9.47 Å². The largest absolute Gasteiger partial charge is 0.444 e. The summed E-state index contributed by atoms with van der Waals surface area (Å²) in [7, 11) is 0. The van der Waals surface area contributed by atoms with E-state index in [0.29, 0.717) is 18.1 Å². The molecular formula is C26H30N4O4. The van der Waals surface area contributed by atoms with Crippen LogP contribution in [-0.4, -0.2) is 39.0 Å². The number of nitrogens with one attached hydrogen (secondary N) is 1. The molecule has 1 unspecified atom stereocenters. The van der Waals surface area contributed by atoms with Gasteiger partial charge in [0.05, 0.1) is 17.4 Å². The van der Waals surface area contributed by atoms with E-state index in [2.05, 4.69) is 5.32 Å². The quantitative estimate of drug-likeness (QED) is 0.525. The molecule has 4 rings (SSSR count). The third-order valence-corrected chi connectivity index (χ3v) is 5.53. The molecule has 1 fully saturated rings. The van der Waals surface area contributed by atoms with E-state index in [4.69, 9.17) is 14.6 Å². The second-order valence-corrected chi connectivity index (χ2v) is 9.27. The molecule has 3 aromatic rings. The number of carbonyl (C=O) groups is 2. The minimum absolute atomic E-state index is 0.245. The van der Waals surface area contributed by atoms with Gasteiger partial charge >= 0.3 is 12.2 Å². The summed E-state index contributed by atoms with van der Waals surface area (Å²) in [6.07, 6.45) is 0.634. The number of rotatable bonds is 4. The Balaban J connectivity index is 1.67. The fraction of sp³-hybridized carbons (Fsp3) is 0.346. The molecule has 34 heavy (non-hydrogen) atoms. The van der Waals surface area contributed by atoms with Crippen molar-refractivity contribution >= 4 is 18.0 Å². The summed E-state index contributed by atoms with van der Waals surface area (Å²) in [5, 5.41) is 7.70. The summed E-state index contributed by atoms with van der Waals surface area (Å²) >= 11 is 0. The van der Waals surface area contributed by atoms with Gasteiger partial charge in [0.1, 0.15) is 17.2 Å². The van der Waals surface area contributed by atoms with Crippen molar-refractivity contribution in [3.63, 3.8) is 0 Å². The van der Waals surface area contributed by atoms with Crippen LogP contribution in [0.2, 0.25) is 0 Å². The first-order valence-electron chi connectivity index (χ1n) is 11.4. The van der Waals surface area contributed by atoms with Crippen molar-refractivity contribution < 1.29 is 19.1 Å². The molecule has 0 spiro atoms. The number of aromatic nitrogens is 2. The zero-order chi connectivity index (χ0) is 24.3. The Labute approximate surface area is 199 Å². The Morgan fingerprint density at radius 2 is 1.68 bits per heavy atom. The van der Waals surface area contributed by atoms with Crippen LogP contribution in [0.3, 0.4) is 0 Å². The first kappa shape index (κ1) is 23.4. The van der Waals surface area contributed by atoms with Crippen LogP contribution >= 0.6 is 0 Å². The third kappa shape index (κ3) is 5.22. The van der Waals surface area contributed by atoms with E-state index >= 15 is 0 Å². The Morgan fingerprint density at radius 3 is 2.32 bits per heavy atom. The van der Waals surface area contributed by atoms with Crippen molar-refractivity contribution in [2.75, 3.05) is 11.9 Å². The number of para-hydroxylation sites is 2. The highest BCUT2D eigenvalue weighted by Gasteiger charge is 2.36. The number of ether oxygens (including phenoxy) is 2. The average Bonchev–Trinajstić information content (AvgIpc) is 3.39. The second-order valence-electron chi connectivity index (χ2n) is 9.27. The highest BCUT2D eigenvalue weighted by Crippen LogP contribution is 2.37. The van der Waals surface area contributed by atoms with Crippen LogP contribution < -0.4 is 10.1 Å². The van der Waals surface area contributed by atoms with Crippen LogP contribution in [-0.2, 0) is 4.74 Å². The maximum atomic E-state index is 12.9. The van der Waals surface area contributed by atoms with Gasteiger partial charge in [-0.2, -0.15) is 5.10 Å². The van der Waals surface area contributed by atoms with Gasteiger partial charge in [0.15, 0.2) is 0 Å². The van der Waals surface area contributed by atoms with E-state index in [-0.39, 0.29) is 12.1 Å². The SMILES string of the molecule is Cc1c(C2CCCN2C(=O)OC(C)(C)C)nn(-c2ccccc2)c1NC(=O)Oc1ccccc1. The number of nitrogens with zero attached hydrogens (tertiary/aromatic N) is 3. The standard InChI is InChI=1S/C26H30N4O4/c1-18-22(21-16-11-17-29(21)25(32)34-26(2,3)4)28-30(19-12-7-5-8-13-19)23(18)27-24(31)33-20-14-9-6-10-15-20/h5-10,12-15,21H,11,16-17H2,1-4H3,(H,27,31). The summed E-state index contributed by atoms with van der Waals surface area (Å²) in [6.45, 7) is 8.05. The molecule has 2 heterocycles. The number of carbonyl (C=O) groups excluding carboxylic acids is 2. The Kier molecular flexibility index (Phi) is 6.58. The molecule has 1 saturated heterocycles. The van der Waals surface area contributed by atoms with Crippen molar-refractivity contribution in [3.8, 4) is 11.4 Å². The lowest BCUT2D eigenvalue weighted by Crippen LogP contribution is -2.36. The minimum atomic E-state index is -0.617. The molecule has 0 aliphatic carbocycles. The van der Waals surface area contributed by atoms with E-state index in [1.165, 1.54) is 0 Å². The van der Waals surface area contributed by atoms with E-state index in [0.717, 1.165) is 29.8 Å². The van der Waals surface area contributed by atoms with Gasteiger partial charge in [-0.25, -0.2) is 14.3 Å². The number of amides is 2. The minimum Gasteiger partial charge on any atom is -0.444 e. The average molecular weight is 463 g/mol. The van der Waals surface area contributed by atoms with Gasteiger partial charge in [-0.15, -0.1) is 0 Å². The highest BCUT2D eigenvalue weighted by molar-refractivity contribution is 5.87. The highest BCUT2D eigenvalue weighted by atomic mass is 16.6. The van der Waals surface area contributed by atoms with Crippen molar-refractivity contribution in [3.05, 3.63) is 71.9 Å². The van der Waals surface area contributed by atoms with Gasteiger partial charge in [-0.05, 0) is 64.8 Å². The topological polar surface area (TPSA) is 85.7 Å². The summed E-state index contributed by atoms with van der Waals surface area (Å²) in [6, 6.07) is 18.2. The molecule has 1 aromatic heterocycles. The summed E-state index contributed by atoms with van der Waals surface area (Å²) in [4.78, 5) is 27.3.